The molecule has 0 heterocycles. The average Bonchev–Trinajstić information content (AvgIpc) is 2.62. The third-order valence-corrected chi connectivity index (χ3v) is 3.56. The molecule has 2 aromatic rings. The fraction of sp³-hybridized carbons (Fsp3) is 0.211. The summed E-state index contributed by atoms with van der Waals surface area (Å²) in [6, 6.07) is 13.5. The third-order valence-electron chi connectivity index (χ3n) is 3.56. The monoisotopic (exact) mass is 356 g/mol. The number of carboxylic acid groups (broad SMARTS) is 1. The van der Waals surface area contributed by atoms with Gasteiger partial charge in [-0.15, -0.1) is 0 Å². The summed E-state index contributed by atoms with van der Waals surface area (Å²) in [5.74, 6) is -1.72. The Kier molecular flexibility index (Phi) is 6.73. The minimum absolute atomic E-state index is 0.142. The minimum atomic E-state index is -1.15. The maximum atomic E-state index is 12.2. The molecule has 0 spiro atoms. The number of carbonyl (C=O) groups is 3. The first-order valence-electron chi connectivity index (χ1n) is 8.11. The molecule has 0 unspecified atom stereocenters. The van der Waals surface area contributed by atoms with Gasteiger partial charge in [0.15, 0.2) is 0 Å². The van der Waals surface area contributed by atoms with Gasteiger partial charge in [-0.25, -0.2) is 14.4 Å². The van der Waals surface area contributed by atoms with Crippen molar-refractivity contribution in [1.29, 1.82) is 0 Å². The van der Waals surface area contributed by atoms with Crippen molar-refractivity contribution in [2.75, 3.05) is 11.9 Å². The van der Waals surface area contributed by atoms with Crippen LogP contribution in [0.15, 0.2) is 54.6 Å². The molecule has 26 heavy (non-hydrogen) atoms. The maximum Gasteiger partial charge on any atom is 0.340 e. The summed E-state index contributed by atoms with van der Waals surface area (Å²) in [4.78, 5) is 35.6. The van der Waals surface area contributed by atoms with E-state index in [1.165, 1.54) is 6.07 Å². The van der Waals surface area contributed by atoms with Gasteiger partial charge >= 0.3 is 18.0 Å². The predicted molar refractivity (Wildman–Crippen MR) is 96.1 cm³/mol. The SMILES string of the molecule is CCOC(=O)c1ccccc1NC(=O)N[C@@H](Cc1ccccc1)C(=O)O. The Morgan fingerprint density at radius 2 is 1.69 bits per heavy atom. The zero-order valence-electron chi connectivity index (χ0n) is 14.3. The summed E-state index contributed by atoms with van der Waals surface area (Å²) in [7, 11) is 0. The quantitative estimate of drug-likeness (QED) is 0.662. The van der Waals surface area contributed by atoms with Gasteiger partial charge in [-0.05, 0) is 24.6 Å². The van der Waals surface area contributed by atoms with Crippen molar-refractivity contribution in [3.63, 3.8) is 0 Å². The maximum absolute atomic E-state index is 12.2. The fourth-order valence-electron chi connectivity index (χ4n) is 2.35. The van der Waals surface area contributed by atoms with E-state index in [9.17, 15) is 19.5 Å². The molecule has 0 bridgehead atoms. The van der Waals surface area contributed by atoms with Crippen LogP contribution in [-0.4, -0.2) is 35.7 Å². The highest BCUT2D eigenvalue weighted by Gasteiger charge is 2.21. The van der Waals surface area contributed by atoms with E-state index in [-0.39, 0.29) is 24.3 Å². The van der Waals surface area contributed by atoms with Crippen molar-refractivity contribution >= 4 is 23.7 Å². The summed E-state index contributed by atoms with van der Waals surface area (Å²) in [5, 5.41) is 14.3. The molecule has 0 saturated heterocycles. The van der Waals surface area contributed by atoms with E-state index in [0.29, 0.717) is 0 Å². The predicted octanol–water partition coefficient (Wildman–Crippen LogP) is 2.68. The second-order valence-electron chi connectivity index (χ2n) is 5.45. The van der Waals surface area contributed by atoms with E-state index >= 15 is 0 Å². The van der Waals surface area contributed by atoms with Crippen LogP contribution in [0.25, 0.3) is 0 Å². The normalized spacial score (nSPS) is 11.3. The number of hydrogen-bond donors (Lipinski definition) is 3. The van der Waals surface area contributed by atoms with Crippen LogP contribution >= 0.6 is 0 Å². The second-order valence-corrected chi connectivity index (χ2v) is 5.45. The molecule has 0 fully saturated rings. The van der Waals surface area contributed by atoms with Gasteiger partial charge in [-0.2, -0.15) is 0 Å². The van der Waals surface area contributed by atoms with Gasteiger partial charge in [-0.3, -0.25) is 0 Å². The number of ether oxygens (including phenoxy) is 1. The minimum Gasteiger partial charge on any atom is -0.480 e. The molecular weight excluding hydrogens is 336 g/mol. The van der Waals surface area contributed by atoms with Crippen LogP contribution in [-0.2, 0) is 16.0 Å². The molecule has 1 atom stereocenters. The molecule has 2 aromatic carbocycles. The van der Waals surface area contributed by atoms with E-state index in [0.717, 1.165) is 5.56 Å². The van der Waals surface area contributed by atoms with Crippen LogP contribution in [0.1, 0.15) is 22.8 Å². The number of anilines is 1. The average molecular weight is 356 g/mol. The number of hydrogen-bond acceptors (Lipinski definition) is 4. The molecule has 7 heteroatoms. The van der Waals surface area contributed by atoms with Crippen molar-refractivity contribution in [3.8, 4) is 0 Å². The molecule has 3 N–H and O–H groups in total. The van der Waals surface area contributed by atoms with Crippen LogP contribution in [0.3, 0.4) is 0 Å². The van der Waals surface area contributed by atoms with Gasteiger partial charge in [0.2, 0.25) is 0 Å². The van der Waals surface area contributed by atoms with Crippen LogP contribution in [0.2, 0.25) is 0 Å². The van der Waals surface area contributed by atoms with Crippen LogP contribution in [0.5, 0.6) is 0 Å². The fourth-order valence-corrected chi connectivity index (χ4v) is 2.35. The van der Waals surface area contributed by atoms with Crippen LogP contribution in [0, 0.1) is 0 Å². The Hall–Kier alpha value is -3.35. The van der Waals surface area contributed by atoms with Crippen molar-refractivity contribution in [3.05, 3.63) is 65.7 Å². The number of urea groups is 1. The van der Waals surface area contributed by atoms with Gasteiger partial charge in [0.05, 0.1) is 17.9 Å². The molecule has 0 aromatic heterocycles. The van der Waals surface area contributed by atoms with Gasteiger partial charge in [-0.1, -0.05) is 42.5 Å². The number of para-hydroxylation sites is 1. The lowest BCUT2D eigenvalue weighted by Crippen LogP contribution is -2.44. The Morgan fingerprint density at radius 3 is 2.35 bits per heavy atom. The highest BCUT2D eigenvalue weighted by molar-refractivity contribution is 6.01. The van der Waals surface area contributed by atoms with Gasteiger partial charge < -0.3 is 20.5 Å². The van der Waals surface area contributed by atoms with Crippen molar-refractivity contribution < 1.29 is 24.2 Å². The Bertz CT molecular complexity index is 777. The number of benzene rings is 2. The number of rotatable bonds is 7. The number of nitrogens with one attached hydrogen (secondary N) is 2. The smallest absolute Gasteiger partial charge is 0.340 e. The number of amides is 2. The van der Waals surface area contributed by atoms with Crippen molar-refractivity contribution in [2.24, 2.45) is 0 Å². The molecule has 0 aliphatic rings. The molecule has 0 aliphatic heterocycles. The molecule has 2 amide bonds. The van der Waals surface area contributed by atoms with E-state index in [4.69, 9.17) is 4.74 Å². The summed E-state index contributed by atoms with van der Waals surface area (Å²) in [6.07, 6.45) is 0.142. The van der Waals surface area contributed by atoms with Crippen LogP contribution < -0.4 is 10.6 Å². The summed E-state index contributed by atoms with van der Waals surface area (Å²) < 4.78 is 4.94. The van der Waals surface area contributed by atoms with Crippen LogP contribution in [0.4, 0.5) is 10.5 Å². The highest BCUT2D eigenvalue weighted by Crippen LogP contribution is 2.16. The molecule has 0 aliphatic carbocycles. The standard InChI is InChI=1S/C19H20N2O5/c1-2-26-18(24)14-10-6-7-11-15(14)20-19(25)21-16(17(22)23)12-13-8-4-3-5-9-13/h3-11,16H,2,12H2,1H3,(H,22,23)(H2,20,21,25)/t16-/m0/s1. The molecule has 7 nitrogen and oxygen atoms in total. The summed E-state index contributed by atoms with van der Waals surface area (Å²) in [6.45, 7) is 1.89. The topological polar surface area (TPSA) is 105 Å². The number of carbonyl (C=O) groups excluding carboxylic acids is 2. The van der Waals surface area contributed by atoms with Crippen molar-refractivity contribution in [1.82, 2.24) is 5.32 Å². The van der Waals surface area contributed by atoms with E-state index in [1.807, 2.05) is 6.07 Å². The van der Waals surface area contributed by atoms with E-state index in [1.54, 1.807) is 49.4 Å². The lowest BCUT2D eigenvalue weighted by molar-refractivity contribution is -0.139. The third kappa shape index (κ3) is 5.34. The Balaban J connectivity index is 2.07. The number of aliphatic carboxylic acids is 1. The molecule has 0 saturated carbocycles. The largest absolute Gasteiger partial charge is 0.480 e. The zero-order chi connectivity index (χ0) is 18.9. The van der Waals surface area contributed by atoms with E-state index < -0.39 is 24.0 Å². The van der Waals surface area contributed by atoms with E-state index in [2.05, 4.69) is 10.6 Å². The lowest BCUT2D eigenvalue weighted by Gasteiger charge is -2.16. The van der Waals surface area contributed by atoms with Gasteiger partial charge in [0, 0.05) is 6.42 Å². The molecular formula is C19H20N2O5. The summed E-state index contributed by atoms with van der Waals surface area (Å²) >= 11 is 0. The first kappa shape index (κ1) is 19.0. The molecule has 0 radical (unpaired) electrons. The molecule has 136 valence electrons. The number of carboxylic acids is 1. The first-order chi connectivity index (χ1) is 12.5. The number of esters is 1. The van der Waals surface area contributed by atoms with Crippen molar-refractivity contribution in [2.45, 2.75) is 19.4 Å². The first-order valence-corrected chi connectivity index (χ1v) is 8.11. The zero-order valence-corrected chi connectivity index (χ0v) is 14.3. The summed E-state index contributed by atoms with van der Waals surface area (Å²) in [5.41, 5.74) is 1.22. The second kappa shape index (κ2) is 9.22. The van der Waals surface area contributed by atoms with Gasteiger partial charge in [0.1, 0.15) is 6.04 Å². The highest BCUT2D eigenvalue weighted by atomic mass is 16.5. The van der Waals surface area contributed by atoms with Gasteiger partial charge in [0.25, 0.3) is 0 Å². The molecule has 2 rings (SSSR count). The Morgan fingerprint density at radius 1 is 1.04 bits per heavy atom. The lowest BCUT2D eigenvalue weighted by atomic mass is 10.1. The Labute approximate surface area is 151 Å².